The first-order valence-electron chi connectivity index (χ1n) is 6.37. The van der Waals surface area contributed by atoms with Gasteiger partial charge in [-0.3, -0.25) is 4.57 Å². The molecule has 110 valence electrons. The number of aromatic carboxylic acids is 1. The summed E-state index contributed by atoms with van der Waals surface area (Å²) in [4.78, 5) is 22.5. The van der Waals surface area contributed by atoms with Crippen LogP contribution in [0.5, 0.6) is 0 Å². The SMILES string of the molecule is O=C(O)c1cc(F)cc(CSc2n[nH]c(=O)n2C2CC2)c1. The molecule has 6 nitrogen and oxygen atoms in total. The molecule has 21 heavy (non-hydrogen) atoms. The molecule has 1 aromatic carbocycles. The number of rotatable bonds is 5. The number of carboxylic acid groups (broad SMARTS) is 1. The number of carbonyl (C=O) groups is 1. The Morgan fingerprint density at radius 1 is 1.48 bits per heavy atom. The van der Waals surface area contributed by atoms with Gasteiger partial charge in [-0.2, -0.15) is 0 Å². The largest absolute Gasteiger partial charge is 0.478 e. The van der Waals surface area contributed by atoms with Gasteiger partial charge in [0.15, 0.2) is 5.16 Å². The lowest BCUT2D eigenvalue weighted by Crippen LogP contribution is -2.16. The molecule has 0 amide bonds. The molecule has 0 spiro atoms. The second kappa shape index (κ2) is 5.36. The smallest absolute Gasteiger partial charge is 0.344 e. The van der Waals surface area contributed by atoms with E-state index in [1.54, 1.807) is 4.57 Å². The molecule has 8 heteroatoms. The van der Waals surface area contributed by atoms with Crippen LogP contribution in [0.15, 0.2) is 28.2 Å². The van der Waals surface area contributed by atoms with E-state index in [0.29, 0.717) is 16.5 Å². The Balaban J connectivity index is 1.79. The van der Waals surface area contributed by atoms with Gasteiger partial charge >= 0.3 is 11.7 Å². The lowest BCUT2D eigenvalue weighted by Gasteiger charge is -2.05. The number of aromatic nitrogens is 3. The molecule has 0 bridgehead atoms. The molecule has 0 unspecified atom stereocenters. The molecule has 0 radical (unpaired) electrons. The minimum Gasteiger partial charge on any atom is -0.478 e. The third kappa shape index (κ3) is 2.99. The van der Waals surface area contributed by atoms with Crippen LogP contribution in [0.2, 0.25) is 0 Å². The Morgan fingerprint density at radius 2 is 2.24 bits per heavy atom. The van der Waals surface area contributed by atoms with Crippen molar-refractivity contribution in [3.05, 3.63) is 45.6 Å². The van der Waals surface area contributed by atoms with E-state index in [-0.39, 0.29) is 17.3 Å². The van der Waals surface area contributed by atoms with Crippen LogP contribution in [0.3, 0.4) is 0 Å². The van der Waals surface area contributed by atoms with Crippen LogP contribution < -0.4 is 5.69 Å². The van der Waals surface area contributed by atoms with Gasteiger partial charge in [0.2, 0.25) is 0 Å². The fraction of sp³-hybridized carbons (Fsp3) is 0.308. The predicted molar refractivity (Wildman–Crippen MR) is 74.0 cm³/mol. The van der Waals surface area contributed by atoms with E-state index in [1.165, 1.54) is 23.9 Å². The maximum atomic E-state index is 13.4. The molecule has 1 heterocycles. The van der Waals surface area contributed by atoms with Gasteiger partial charge in [-0.1, -0.05) is 11.8 Å². The molecule has 0 saturated heterocycles. The molecular weight excluding hydrogens is 297 g/mol. The highest BCUT2D eigenvalue weighted by Gasteiger charge is 2.28. The number of aromatic amines is 1. The molecule has 1 saturated carbocycles. The number of hydrogen-bond acceptors (Lipinski definition) is 4. The van der Waals surface area contributed by atoms with Gasteiger partial charge in [-0.15, -0.1) is 5.10 Å². The number of benzene rings is 1. The van der Waals surface area contributed by atoms with E-state index in [1.807, 2.05) is 0 Å². The summed E-state index contributed by atoms with van der Waals surface area (Å²) in [5, 5.41) is 15.8. The molecule has 2 N–H and O–H groups in total. The van der Waals surface area contributed by atoms with Crippen molar-refractivity contribution in [1.82, 2.24) is 14.8 Å². The van der Waals surface area contributed by atoms with Crippen molar-refractivity contribution in [2.45, 2.75) is 29.8 Å². The van der Waals surface area contributed by atoms with E-state index in [9.17, 15) is 14.0 Å². The molecule has 1 aliphatic rings. The third-order valence-corrected chi connectivity index (χ3v) is 4.18. The Bertz CT molecular complexity index is 751. The highest BCUT2D eigenvalue weighted by Crippen LogP contribution is 2.36. The first-order valence-corrected chi connectivity index (χ1v) is 7.35. The van der Waals surface area contributed by atoms with Crippen LogP contribution in [0.1, 0.15) is 34.8 Å². The van der Waals surface area contributed by atoms with Crippen LogP contribution >= 0.6 is 11.8 Å². The zero-order chi connectivity index (χ0) is 15.0. The summed E-state index contributed by atoms with van der Waals surface area (Å²) in [5.74, 6) is -1.42. The fourth-order valence-corrected chi connectivity index (χ4v) is 3.00. The standard InChI is InChI=1S/C13H12FN3O3S/c14-9-4-7(3-8(5-9)11(18)19)6-21-13-16-15-12(20)17(13)10-1-2-10/h3-5,10H,1-2,6H2,(H,15,20)(H,18,19). The summed E-state index contributed by atoms with van der Waals surface area (Å²) < 4.78 is 15.0. The van der Waals surface area contributed by atoms with Crippen molar-refractivity contribution in [2.75, 3.05) is 0 Å². The predicted octanol–water partition coefficient (Wildman–Crippen LogP) is 2.04. The number of thioether (sulfide) groups is 1. The zero-order valence-electron chi connectivity index (χ0n) is 10.9. The molecule has 3 rings (SSSR count). The van der Waals surface area contributed by atoms with Crippen LogP contribution in [-0.2, 0) is 5.75 Å². The van der Waals surface area contributed by atoms with E-state index < -0.39 is 11.8 Å². The van der Waals surface area contributed by atoms with Gasteiger partial charge in [0.25, 0.3) is 0 Å². The third-order valence-electron chi connectivity index (χ3n) is 3.16. The Morgan fingerprint density at radius 3 is 2.90 bits per heavy atom. The number of halogens is 1. The highest BCUT2D eigenvalue weighted by molar-refractivity contribution is 7.98. The number of H-pyrrole nitrogens is 1. The molecule has 0 aliphatic heterocycles. The maximum Gasteiger partial charge on any atom is 0.344 e. The van der Waals surface area contributed by atoms with Crippen molar-refractivity contribution >= 4 is 17.7 Å². The average Bonchev–Trinajstić information content (AvgIpc) is 3.20. The Labute approximate surface area is 123 Å². The molecule has 1 aromatic heterocycles. The van der Waals surface area contributed by atoms with Gasteiger partial charge in [0.05, 0.1) is 5.56 Å². The van der Waals surface area contributed by atoms with Gasteiger partial charge in [-0.25, -0.2) is 19.1 Å². The molecule has 1 fully saturated rings. The minimum atomic E-state index is -1.17. The summed E-state index contributed by atoms with van der Waals surface area (Å²) in [6.45, 7) is 0. The number of carboxylic acids is 1. The average molecular weight is 309 g/mol. The summed E-state index contributed by atoms with van der Waals surface area (Å²) in [6.07, 6.45) is 1.91. The monoisotopic (exact) mass is 309 g/mol. The Kier molecular flexibility index (Phi) is 3.54. The van der Waals surface area contributed by atoms with Crippen molar-refractivity contribution in [3.8, 4) is 0 Å². The maximum absolute atomic E-state index is 13.4. The summed E-state index contributed by atoms with van der Waals surface area (Å²) >= 11 is 1.28. The second-order valence-electron chi connectivity index (χ2n) is 4.85. The lowest BCUT2D eigenvalue weighted by molar-refractivity contribution is 0.0696. The lowest BCUT2D eigenvalue weighted by atomic mass is 10.1. The van der Waals surface area contributed by atoms with Crippen molar-refractivity contribution < 1.29 is 14.3 Å². The van der Waals surface area contributed by atoms with E-state index >= 15 is 0 Å². The zero-order valence-corrected chi connectivity index (χ0v) is 11.7. The van der Waals surface area contributed by atoms with Crippen LogP contribution in [0.4, 0.5) is 4.39 Å². The van der Waals surface area contributed by atoms with E-state index in [4.69, 9.17) is 5.11 Å². The first kappa shape index (κ1) is 13.9. The summed E-state index contributed by atoms with van der Waals surface area (Å²) in [7, 11) is 0. The van der Waals surface area contributed by atoms with Crippen molar-refractivity contribution in [1.29, 1.82) is 0 Å². The van der Waals surface area contributed by atoms with Crippen molar-refractivity contribution in [3.63, 3.8) is 0 Å². The van der Waals surface area contributed by atoms with Crippen LogP contribution in [0.25, 0.3) is 0 Å². The minimum absolute atomic E-state index is 0.0905. The highest BCUT2D eigenvalue weighted by atomic mass is 32.2. The molecule has 1 aliphatic carbocycles. The summed E-state index contributed by atoms with van der Waals surface area (Å²) in [5.41, 5.74) is 0.202. The van der Waals surface area contributed by atoms with Gasteiger partial charge in [-0.05, 0) is 36.6 Å². The van der Waals surface area contributed by atoms with Gasteiger partial charge < -0.3 is 5.11 Å². The van der Waals surface area contributed by atoms with Gasteiger partial charge in [0.1, 0.15) is 5.82 Å². The first-order chi connectivity index (χ1) is 10.0. The topological polar surface area (TPSA) is 88.0 Å². The van der Waals surface area contributed by atoms with Crippen LogP contribution in [0, 0.1) is 5.82 Å². The number of nitrogens with one attached hydrogen (secondary N) is 1. The van der Waals surface area contributed by atoms with Gasteiger partial charge in [0, 0.05) is 11.8 Å². The van der Waals surface area contributed by atoms with E-state index in [0.717, 1.165) is 18.9 Å². The molecule has 0 atom stereocenters. The second-order valence-corrected chi connectivity index (χ2v) is 5.80. The fourth-order valence-electron chi connectivity index (χ4n) is 2.05. The van der Waals surface area contributed by atoms with E-state index in [2.05, 4.69) is 10.2 Å². The number of hydrogen-bond donors (Lipinski definition) is 2. The normalized spacial score (nSPS) is 14.3. The summed E-state index contributed by atoms with van der Waals surface area (Å²) in [6, 6.07) is 3.88. The quantitative estimate of drug-likeness (QED) is 0.825. The van der Waals surface area contributed by atoms with Crippen LogP contribution in [-0.4, -0.2) is 25.8 Å². The molecule has 2 aromatic rings. The number of nitrogens with zero attached hydrogens (tertiary/aromatic N) is 2. The molecular formula is C13H12FN3O3S. The van der Waals surface area contributed by atoms with Crippen molar-refractivity contribution in [2.24, 2.45) is 0 Å². The Hall–Kier alpha value is -2.09.